The molecule has 0 aliphatic heterocycles. The Kier molecular flexibility index (Phi) is 6.83. The van der Waals surface area contributed by atoms with E-state index in [-0.39, 0.29) is 34.5 Å². The molecule has 11 heteroatoms. The number of rotatable bonds is 8. The first kappa shape index (κ1) is 21.8. The summed E-state index contributed by atoms with van der Waals surface area (Å²) in [6.45, 7) is 2.11. The number of hydrazone groups is 1. The molecule has 0 saturated heterocycles. The van der Waals surface area contributed by atoms with Gasteiger partial charge in [-0.1, -0.05) is 41.4 Å². The molecule has 0 aliphatic rings. The van der Waals surface area contributed by atoms with Crippen molar-refractivity contribution in [1.29, 1.82) is 0 Å². The highest BCUT2D eigenvalue weighted by molar-refractivity contribution is 6.32. The molecule has 3 aromatic rings. The Bertz CT molecular complexity index is 1180. The number of benzene rings is 2. The standard InChI is InChI=1S/C20H18ClN5O5/c1-12-3-5-13(6-4-12)11-31-19-16(26(28)29)7-14(8-17(19)30-2)9-22-24-15-10-23-25-20(27)18(15)21/h3-10H,11H2,1-2H3,(H2,24,25,27)/b22-9-. The molecule has 0 saturated carbocycles. The van der Waals surface area contributed by atoms with E-state index in [0.717, 1.165) is 11.1 Å². The van der Waals surface area contributed by atoms with E-state index in [9.17, 15) is 14.9 Å². The molecule has 0 aliphatic carbocycles. The Morgan fingerprint density at radius 2 is 2.06 bits per heavy atom. The quantitative estimate of drug-likeness (QED) is 0.308. The van der Waals surface area contributed by atoms with Crippen LogP contribution in [0, 0.1) is 17.0 Å². The number of halogens is 1. The summed E-state index contributed by atoms with van der Waals surface area (Å²) in [4.78, 5) is 22.5. The highest BCUT2D eigenvalue weighted by Gasteiger charge is 2.22. The third kappa shape index (κ3) is 5.37. The van der Waals surface area contributed by atoms with Gasteiger partial charge in [-0.15, -0.1) is 0 Å². The van der Waals surface area contributed by atoms with Gasteiger partial charge in [0.25, 0.3) is 5.56 Å². The van der Waals surface area contributed by atoms with Crippen molar-refractivity contribution in [3.05, 3.63) is 84.8 Å². The number of hydrogen-bond donors (Lipinski definition) is 2. The molecule has 160 valence electrons. The Labute approximate surface area is 181 Å². The largest absolute Gasteiger partial charge is 0.493 e. The van der Waals surface area contributed by atoms with Crippen LogP contribution in [0.25, 0.3) is 0 Å². The van der Waals surface area contributed by atoms with Crippen LogP contribution in [-0.2, 0) is 6.61 Å². The summed E-state index contributed by atoms with van der Waals surface area (Å²) in [5.41, 5.74) is 4.23. The summed E-state index contributed by atoms with van der Waals surface area (Å²) >= 11 is 5.86. The summed E-state index contributed by atoms with van der Waals surface area (Å²) < 4.78 is 11.0. The van der Waals surface area contributed by atoms with Crippen molar-refractivity contribution in [2.45, 2.75) is 13.5 Å². The van der Waals surface area contributed by atoms with Crippen LogP contribution in [0.2, 0.25) is 5.02 Å². The van der Waals surface area contributed by atoms with Crippen LogP contribution < -0.4 is 20.5 Å². The van der Waals surface area contributed by atoms with Crippen LogP contribution in [0.1, 0.15) is 16.7 Å². The Morgan fingerprint density at radius 1 is 1.32 bits per heavy atom. The summed E-state index contributed by atoms with van der Waals surface area (Å²) in [6, 6.07) is 10.5. The molecule has 0 unspecified atom stereocenters. The molecule has 3 rings (SSSR count). The minimum Gasteiger partial charge on any atom is -0.493 e. The first-order chi connectivity index (χ1) is 14.9. The SMILES string of the molecule is COc1cc(/C=N\Nc2cn[nH]c(=O)c2Cl)cc([N+](=O)[O-])c1OCc1ccc(C)cc1. The van der Waals surface area contributed by atoms with Gasteiger partial charge in [-0.3, -0.25) is 20.3 Å². The van der Waals surface area contributed by atoms with E-state index in [4.69, 9.17) is 21.1 Å². The summed E-state index contributed by atoms with van der Waals surface area (Å²) in [6.07, 6.45) is 2.60. The van der Waals surface area contributed by atoms with Gasteiger partial charge in [0.05, 0.1) is 24.4 Å². The van der Waals surface area contributed by atoms with Crippen LogP contribution in [-0.4, -0.2) is 28.4 Å². The lowest BCUT2D eigenvalue weighted by Gasteiger charge is -2.12. The van der Waals surface area contributed by atoms with Gasteiger partial charge in [0, 0.05) is 11.6 Å². The van der Waals surface area contributed by atoms with Crippen molar-refractivity contribution >= 4 is 29.2 Å². The average molecular weight is 444 g/mol. The summed E-state index contributed by atoms with van der Waals surface area (Å²) in [7, 11) is 1.39. The first-order valence-corrected chi connectivity index (χ1v) is 9.34. The molecule has 1 heterocycles. The van der Waals surface area contributed by atoms with Crippen molar-refractivity contribution < 1.29 is 14.4 Å². The number of methoxy groups -OCH3 is 1. The fraction of sp³-hybridized carbons (Fsp3) is 0.150. The molecule has 0 spiro atoms. The minimum absolute atomic E-state index is 0.0139. The number of nitro groups is 1. The van der Waals surface area contributed by atoms with Crippen molar-refractivity contribution in [1.82, 2.24) is 10.2 Å². The van der Waals surface area contributed by atoms with Crippen LogP contribution in [0.15, 0.2) is 52.5 Å². The number of ether oxygens (including phenoxy) is 2. The normalized spacial score (nSPS) is 10.8. The van der Waals surface area contributed by atoms with Crippen molar-refractivity contribution in [3.8, 4) is 11.5 Å². The van der Waals surface area contributed by atoms with Crippen molar-refractivity contribution in [3.63, 3.8) is 0 Å². The second kappa shape index (κ2) is 9.72. The number of aromatic nitrogens is 2. The summed E-state index contributed by atoms with van der Waals surface area (Å²) in [5.74, 6) is 0.193. The van der Waals surface area contributed by atoms with Crippen molar-refractivity contribution in [2.75, 3.05) is 12.5 Å². The fourth-order valence-electron chi connectivity index (χ4n) is 2.59. The van der Waals surface area contributed by atoms with Gasteiger partial charge < -0.3 is 9.47 Å². The van der Waals surface area contributed by atoms with Gasteiger partial charge in [0.1, 0.15) is 17.3 Å². The monoisotopic (exact) mass is 443 g/mol. The third-order valence-corrected chi connectivity index (χ3v) is 4.55. The molecule has 2 aromatic carbocycles. The third-order valence-electron chi connectivity index (χ3n) is 4.17. The first-order valence-electron chi connectivity index (χ1n) is 8.96. The van der Waals surface area contributed by atoms with Gasteiger partial charge >= 0.3 is 5.69 Å². The Balaban J connectivity index is 1.84. The van der Waals surface area contributed by atoms with Gasteiger partial charge in [0.2, 0.25) is 5.75 Å². The van der Waals surface area contributed by atoms with Crippen LogP contribution in [0.5, 0.6) is 11.5 Å². The van der Waals surface area contributed by atoms with E-state index in [1.54, 1.807) is 6.07 Å². The summed E-state index contributed by atoms with van der Waals surface area (Å²) in [5, 5.41) is 21.3. The maximum Gasteiger partial charge on any atom is 0.315 e. The predicted molar refractivity (Wildman–Crippen MR) is 116 cm³/mol. The van der Waals surface area contributed by atoms with Crippen LogP contribution in [0.4, 0.5) is 11.4 Å². The van der Waals surface area contributed by atoms with Crippen LogP contribution in [0.3, 0.4) is 0 Å². The Morgan fingerprint density at radius 3 is 2.74 bits per heavy atom. The van der Waals surface area contributed by atoms with E-state index >= 15 is 0 Å². The van der Waals surface area contributed by atoms with E-state index in [0.29, 0.717) is 5.56 Å². The van der Waals surface area contributed by atoms with Crippen LogP contribution >= 0.6 is 11.6 Å². The zero-order valence-corrected chi connectivity index (χ0v) is 17.3. The molecule has 31 heavy (non-hydrogen) atoms. The fourth-order valence-corrected chi connectivity index (χ4v) is 2.73. The molecular formula is C20H18ClN5O5. The smallest absolute Gasteiger partial charge is 0.315 e. The molecule has 2 N–H and O–H groups in total. The number of aromatic amines is 1. The topological polar surface area (TPSA) is 132 Å². The molecule has 1 aromatic heterocycles. The van der Waals surface area contributed by atoms with E-state index in [1.807, 2.05) is 31.2 Å². The lowest BCUT2D eigenvalue weighted by atomic mass is 10.1. The second-order valence-electron chi connectivity index (χ2n) is 6.40. The van der Waals surface area contributed by atoms with Gasteiger partial charge in [-0.2, -0.15) is 10.2 Å². The molecule has 0 radical (unpaired) electrons. The number of anilines is 1. The zero-order valence-electron chi connectivity index (χ0n) is 16.6. The Hall–Kier alpha value is -3.92. The molecule has 0 fully saturated rings. The predicted octanol–water partition coefficient (Wildman–Crippen LogP) is 3.67. The highest BCUT2D eigenvalue weighted by atomic mass is 35.5. The van der Waals surface area contributed by atoms with Crippen molar-refractivity contribution in [2.24, 2.45) is 5.10 Å². The van der Waals surface area contributed by atoms with Gasteiger partial charge in [-0.05, 0) is 18.6 Å². The lowest BCUT2D eigenvalue weighted by Crippen LogP contribution is -2.10. The zero-order chi connectivity index (χ0) is 22.4. The molecular weight excluding hydrogens is 426 g/mol. The second-order valence-corrected chi connectivity index (χ2v) is 6.78. The molecule has 0 bridgehead atoms. The lowest BCUT2D eigenvalue weighted by molar-refractivity contribution is -0.386. The maximum atomic E-state index is 11.6. The minimum atomic E-state index is -0.575. The van der Waals surface area contributed by atoms with E-state index in [2.05, 4.69) is 20.7 Å². The number of aryl methyl sites for hydroxylation is 1. The number of nitrogens with zero attached hydrogens (tertiary/aromatic N) is 3. The number of hydrogen-bond acceptors (Lipinski definition) is 8. The average Bonchev–Trinajstić information content (AvgIpc) is 2.76. The van der Waals surface area contributed by atoms with Gasteiger partial charge in [-0.25, -0.2) is 5.10 Å². The van der Waals surface area contributed by atoms with E-state index in [1.165, 1.54) is 25.6 Å². The number of H-pyrrole nitrogens is 1. The number of nitro benzene ring substituents is 1. The highest BCUT2D eigenvalue weighted by Crippen LogP contribution is 2.38. The van der Waals surface area contributed by atoms with Gasteiger partial charge in [0.15, 0.2) is 5.75 Å². The number of nitrogens with one attached hydrogen (secondary N) is 2. The maximum absolute atomic E-state index is 11.6. The van der Waals surface area contributed by atoms with E-state index < -0.39 is 10.5 Å². The molecule has 0 amide bonds. The molecule has 10 nitrogen and oxygen atoms in total. The molecule has 0 atom stereocenters.